The fourth-order valence-electron chi connectivity index (χ4n) is 0.975. The van der Waals surface area contributed by atoms with E-state index in [1.54, 1.807) is 25.5 Å². The highest BCUT2D eigenvalue weighted by Gasteiger charge is 2.15. The van der Waals surface area contributed by atoms with Crippen LogP contribution in [0.15, 0.2) is 11.4 Å². The summed E-state index contributed by atoms with van der Waals surface area (Å²) in [5, 5.41) is 4.87. The largest absolute Gasteiger partial charge is 0.345 e. The molecule has 1 heterocycles. The molecule has 0 fully saturated rings. The lowest BCUT2D eigenvalue weighted by Gasteiger charge is -2.10. The summed E-state index contributed by atoms with van der Waals surface area (Å²) in [4.78, 5) is 24.2. The van der Waals surface area contributed by atoms with Crippen molar-refractivity contribution < 1.29 is 9.59 Å². The van der Waals surface area contributed by atoms with Crippen molar-refractivity contribution in [3.8, 4) is 0 Å². The molecule has 1 aromatic rings. The summed E-state index contributed by atoms with van der Waals surface area (Å²) in [6.45, 7) is 0. The summed E-state index contributed by atoms with van der Waals surface area (Å²) in [6, 6.07) is 1.68. The second kappa shape index (κ2) is 5.14. The van der Waals surface area contributed by atoms with Gasteiger partial charge in [0.25, 0.3) is 5.91 Å². The minimum Gasteiger partial charge on any atom is -0.345 e. The molecule has 0 spiro atoms. The lowest BCUT2D eigenvalue weighted by Crippen LogP contribution is -2.23. The number of anilines is 1. The maximum atomic E-state index is 11.6. The summed E-state index contributed by atoms with van der Waals surface area (Å²) < 4.78 is 0. The molecule has 82 valence electrons. The SMILES string of the molecule is CN(C)C(=O)c1ccsc1NC(=O)CCl. The van der Waals surface area contributed by atoms with E-state index in [-0.39, 0.29) is 17.7 Å². The van der Waals surface area contributed by atoms with Crippen LogP contribution >= 0.6 is 22.9 Å². The average molecular weight is 247 g/mol. The monoisotopic (exact) mass is 246 g/mol. The van der Waals surface area contributed by atoms with E-state index in [4.69, 9.17) is 11.6 Å². The van der Waals surface area contributed by atoms with Crippen LogP contribution in [0.2, 0.25) is 0 Å². The van der Waals surface area contributed by atoms with Crippen LogP contribution in [0.3, 0.4) is 0 Å². The Morgan fingerprint density at radius 2 is 2.20 bits per heavy atom. The second-order valence-electron chi connectivity index (χ2n) is 3.04. The molecule has 1 rings (SSSR count). The van der Waals surface area contributed by atoms with Crippen molar-refractivity contribution in [2.45, 2.75) is 0 Å². The van der Waals surface area contributed by atoms with Crippen LogP contribution in [0.25, 0.3) is 0 Å². The van der Waals surface area contributed by atoms with Crippen LogP contribution in [-0.2, 0) is 4.79 Å². The smallest absolute Gasteiger partial charge is 0.256 e. The van der Waals surface area contributed by atoms with E-state index in [0.717, 1.165) is 0 Å². The predicted octanol–water partition coefficient (Wildman–Crippen LogP) is 1.63. The van der Waals surface area contributed by atoms with Crippen LogP contribution in [0, 0.1) is 0 Å². The van der Waals surface area contributed by atoms with Gasteiger partial charge < -0.3 is 10.2 Å². The van der Waals surface area contributed by atoms with Gasteiger partial charge in [-0.1, -0.05) is 0 Å². The molecule has 0 unspecified atom stereocenters. The zero-order valence-corrected chi connectivity index (χ0v) is 9.98. The number of halogens is 1. The van der Waals surface area contributed by atoms with Crippen LogP contribution in [-0.4, -0.2) is 36.7 Å². The Bertz CT molecular complexity index is 376. The van der Waals surface area contributed by atoms with Crippen LogP contribution in [0.5, 0.6) is 0 Å². The zero-order chi connectivity index (χ0) is 11.4. The molecule has 0 aromatic carbocycles. The van der Waals surface area contributed by atoms with Gasteiger partial charge in [-0.15, -0.1) is 22.9 Å². The number of hydrogen-bond acceptors (Lipinski definition) is 3. The molecule has 0 saturated carbocycles. The molecule has 0 aliphatic rings. The van der Waals surface area contributed by atoms with Gasteiger partial charge in [0.05, 0.1) is 5.56 Å². The standard InChI is InChI=1S/C9H11ClN2O2S/c1-12(2)9(14)6-3-4-15-8(6)11-7(13)5-10/h3-4H,5H2,1-2H3,(H,11,13). The number of rotatable bonds is 3. The molecule has 1 N–H and O–H groups in total. The summed E-state index contributed by atoms with van der Waals surface area (Å²) in [5.41, 5.74) is 0.489. The van der Waals surface area contributed by atoms with Gasteiger partial charge in [-0.2, -0.15) is 0 Å². The molecule has 0 saturated heterocycles. The highest BCUT2D eigenvalue weighted by Crippen LogP contribution is 2.24. The van der Waals surface area contributed by atoms with Crippen LogP contribution in [0.1, 0.15) is 10.4 Å². The van der Waals surface area contributed by atoms with E-state index >= 15 is 0 Å². The number of nitrogens with zero attached hydrogens (tertiary/aromatic N) is 1. The Labute approximate surface area is 96.8 Å². The van der Waals surface area contributed by atoms with Gasteiger partial charge in [0.15, 0.2) is 0 Å². The van der Waals surface area contributed by atoms with Crippen molar-refractivity contribution in [2.24, 2.45) is 0 Å². The molecule has 0 radical (unpaired) electrons. The molecular weight excluding hydrogens is 236 g/mol. The highest BCUT2D eigenvalue weighted by molar-refractivity contribution is 7.14. The first-order chi connectivity index (χ1) is 7.06. The lowest BCUT2D eigenvalue weighted by atomic mass is 10.3. The van der Waals surface area contributed by atoms with E-state index in [0.29, 0.717) is 10.6 Å². The Morgan fingerprint density at radius 1 is 1.53 bits per heavy atom. The van der Waals surface area contributed by atoms with Crippen molar-refractivity contribution in [1.29, 1.82) is 0 Å². The quantitative estimate of drug-likeness (QED) is 0.824. The number of thiophene rings is 1. The molecule has 15 heavy (non-hydrogen) atoms. The molecular formula is C9H11ClN2O2S. The maximum absolute atomic E-state index is 11.6. The molecule has 0 aliphatic carbocycles. The van der Waals surface area contributed by atoms with Crippen molar-refractivity contribution >= 4 is 39.8 Å². The Balaban J connectivity index is 2.87. The Kier molecular flexibility index (Phi) is 4.11. The normalized spacial score (nSPS) is 9.80. The predicted molar refractivity (Wildman–Crippen MR) is 61.7 cm³/mol. The Hall–Kier alpha value is -1.07. The first-order valence-corrected chi connectivity index (χ1v) is 5.62. The van der Waals surface area contributed by atoms with E-state index in [2.05, 4.69) is 5.32 Å². The van der Waals surface area contributed by atoms with Crippen LogP contribution in [0.4, 0.5) is 5.00 Å². The van der Waals surface area contributed by atoms with E-state index in [1.807, 2.05) is 0 Å². The number of hydrogen-bond donors (Lipinski definition) is 1. The van der Waals surface area contributed by atoms with Gasteiger partial charge in [0, 0.05) is 14.1 Å². The van der Waals surface area contributed by atoms with Crippen LogP contribution < -0.4 is 5.32 Å². The topological polar surface area (TPSA) is 49.4 Å². The third kappa shape index (κ3) is 2.94. The minimum absolute atomic E-state index is 0.118. The zero-order valence-electron chi connectivity index (χ0n) is 8.41. The van der Waals surface area contributed by atoms with Gasteiger partial charge in [-0.3, -0.25) is 9.59 Å². The third-order valence-electron chi connectivity index (χ3n) is 1.68. The molecule has 0 atom stereocenters. The van der Waals surface area contributed by atoms with Gasteiger partial charge in [0.1, 0.15) is 10.9 Å². The Morgan fingerprint density at radius 3 is 2.73 bits per heavy atom. The number of carbonyl (C=O) groups is 2. The number of nitrogens with one attached hydrogen (secondary N) is 1. The molecule has 0 aliphatic heterocycles. The van der Waals surface area contributed by atoms with Gasteiger partial charge in [-0.05, 0) is 11.4 Å². The van der Waals surface area contributed by atoms with Crippen molar-refractivity contribution in [1.82, 2.24) is 4.90 Å². The molecule has 1 aromatic heterocycles. The summed E-state index contributed by atoms with van der Waals surface area (Å²) in [5.74, 6) is -0.568. The molecule has 4 nitrogen and oxygen atoms in total. The van der Waals surface area contributed by atoms with Crippen molar-refractivity contribution in [2.75, 3.05) is 25.3 Å². The maximum Gasteiger partial charge on any atom is 0.256 e. The van der Waals surface area contributed by atoms with Gasteiger partial charge in [-0.25, -0.2) is 0 Å². The first-order valence-electron chi connectivity index (χ1n) is 4.21. The fourth-order valence-corrected chi connectivity index (χ4v) is 1.84. The molecule has 2 amide bonds. The number of amides is 2. The summed E-state index contributed by atoms with van der Waals surface area (Å²) >= 11 is 6.66. The second-order valence-corrected chi connectivity index (χ2v) is 4.23. The van der Waals surface area contributed by atoms with E-state index in [1.165, 1.54) is 16.2 Å². The molecule has 6 heteroatoms. The number of carbonyl (C=O) groups excluding carboxylic acids is 2. The van der Waals surface area contributed by atoms with Crippen molar-refractivity contribution in [3.63, 3.8) is 0 Å². The summed E-state index contributed by atoms with van der Waals surface area (Å²) in [6.07, 6.45) is 0. The molecule has 0 bridgehead atoms. The fraction of sp³-hybridized carbons (Fsp3) is 0.333. The first kappa shape index (κ1) is 12.0. The summed E-state index contributed by atoms with van der Waals surface area (Å²) in [7, 11) is 3.32. The lowest BCUT2D eigenvalue weighted by molar-refractivity contribution is -0.113. The van der Waals surface area contributed by atoms with Gasteiger partial charge in [0.2, 0.25) is 5.91 Å². The van der Waals surface area contributed by atoms with E-state index in [9.17, 15) is 9.59 Å². The average Bonchev–Trinajstić information content (AvgIpc) is 2.64. The van der Waals surface area contributed by atoms with Crippen molar-refractivity contribution in [3.05, 3.63) is 17.0 Å². The minimum atomic E-state index is -0.313. The number of alkyl halides is 1. The highest BCUT2D eigenvalue weighted by atomic mass is 35.5. The van der Waals surface area contributed by atoms with E-state index < -0.39 is 0 Å². The van der Waals surface area contributed by atoms with Gasteiger partial charge >= 0.3 is 0 Å². The third-order valence-corrected chi connectivity index (χ3v) is 2.75.